The first-order valence-electron chi connectivity index (χ1n) is 9.71. The summed E-state index contributed by atoms with van der Waals surface area (Å²) in [6, 6.07) is 0. The Morgan fingerprint density at radius 1 is 1.00 bits per heavy atom. The molecule has 1 heterocycles. The fourth-order valence-electron chi connectivity index (χ4n) is 3.78. The summed E-state index contributed by atoms with van der Waals surface area (Å²) in [6.45, 7) is 11.4. The van der Waals surface area contributed by atoms with E-state index in [9.17, 15) is 0 Å². The standard InChI is InChI=1S/C18H37N5.HI/c1-3-22-13-15-23(16-14-22)12-11-21-18(19-2)20-10-6-9-17-7-4-5-8-17;/h17H,3-16H2,1-2H3,(H2,19,20,21);1H. The van der Waals surface area contributed by atoms with Crippen LogP contribution in [0.3, 0.4) is 0 Å². The summed E-state index contributed by atoms with van der Waals surface area (Å²) in [5.74, 6) is 1.96. The monoisotopic (exact) mass is 451 g/mol. The summed E-state index contributed by atoms with van der Waals surface area (Å²) in [6.07, 6.45) is 8.47. The number of guanidine groups is 1. The van der Waals surface area contributed by atoms with Crippen LogP contribution in [-0.2, 0) is 0 Å². The molecule has 6 heteroatoms. The second kappa shape index (κ2) is 13.2. The maximum atomic E-state index is 4.33. The number of aliphatic imine (C=N–C) groups is 1. The number of nitrogens with zero attached hydrogens (tertiary/aromatic N) is 3. The van der Waals surface area contributed by atoms with Gasteiger partial charge in [0.15, 0.2) is 5.96 Å². The quantitative estimate of drug-likeness (QED) is 0.258. The molecule has 1 saturated carbocycles. The first-order chi connectivity index (χ1) is 11.3. The maximum Gasteiger partial charge on any atom is 0.191 e. The van der Waals surface area contributed by atoms with Crippen LogP contribution in [-0.4, -0.2) is 75.2 Å². The van der Waals surface area contributed by atoms with Crippen molar-refractivity contribution < 1.29 is 0 Å². The predicted octanol–water partition coefficient (Wildman–Crippen LogP) is 2.38. The van der Waals surface area contributed by atoms with Crippen molar-refractivity contribution in [2.45, 2.75) is 45.4 Å². The molecule has 1 aliphatic heterocycles. The van der Waals surface area contributed by atoms with Crippen LogP contribution in [0.4, 0.5) is 0 Å². The minimum atomic E-state index is 0. The number of hydrogen-bond acceptors (Lipinski definition) is 3. The van der Waals surface area contributed by atoms with Crippen molar-refractivity contribution in [3.63, 3.8) is 0 Å². The second-order valence-electron chi connectivity index (χ2n) is 6.99. The van der Waals surface area contributed by atoms with Crippen LogP contribution in [0.1, 0.15) is 45.4 Å². The van der Waals surface area contributed by atoms with Crippen molar-refractivity contribution >= 4 is 29.9 Å². The zero-order valence-corrected chi connectivity index (χ0v) is 18.1. The van der Waals surface area contributed by atoms with Crippen molar-refractivity contribution in [1.82, 2.24) is 20.4 Å². The van der Waals surface area contributed by atoms with Crippen molar-refractivity contribution in [3.8, 4) is 0 Å². The van der Waals surface area contributed by atoms with Gasteiger partial charge in [0, 0.05) is 52.9 Å². The Labute approximate surface area is 166 Å². The first-order valence-corrected chi connectivity index (χ1v) is 9.71. The van der Waals surface area contributed by atoms with E-state index >= 15 is 0 Å². The third kappa shape index (κ3) is 8.34. The molecule has 0 unspecified atom stereocenters. The van der Waals surface area contributed by atoms with Crippen LogP contribution in [0.15, 0.2) is 4.99 Å². The van der Waals surface area contributed by atoms with Gasteiger partial charge in [-0.1, -0.05) is 32.6 Å². The van der Waals surface area contributed by atoms with Gasteiger partial charge in [-0.2, -0.15) is 0 Å². The van der Waals surface area contributed by atoms with Gasteiger partial charge < -0.3 is 15.5 Å². The van der Waals surface area contributed by atoms with E-state index in [0.29, 0.717) is 0 Å². The summed E-state index contributed by atoms with van der Waals surface area (Å²) in [5.41, 5.74) is 0. The zero-order valence-electron chi connectivity index (χ0n) is 15.7. The van der Waals surface area contributed by atoms with Gasteiger partial charge in [-0.25, -0.2) is 0 Å². The lowest BCUT2D eigenvalue weighted by atomic mass is 10.0. The normalized spacial score (nSPS) is 20.8. The number of hydrogen-bond donors (Lipinski definition) is 2. The van der Waals surface area contributed by atoms with E-state index in [2.05, 4.69) is 32.3 Å². The summed E-state index contributed by atoms with van der Waals surface area (Å²) < 4.78 is 0. The Hall–Kier alpha value is -0.0800. The summed E-state index contributed by atoms with van der Waals surface area (Å²) >= 11 is 0. The van der Waals surface area contributed by atoms with Gasteiger partial charge in [0.2, 0.25) is 0 Å². The lowest BCUT2D eigenvalue weighted by Crippen LogP contribution is -2.49. The molecule has 2 fully saturated rings. The Kier molecular flexibility index (Phi) is 12.0. The van der Waals surface area contributed by atoms with Gasteiger partial charge in [-0.3, -0.25) is 9.89 Å². The van der Waals surface area contributed by atoms with Gasteiger partial charge in [-0.15, -0.1) is 24.0 Å². The van der Waals surface area contributed by atoms with E-state index in [1.807, 2.05) is 7.05 Å². The van der Waals surface area contributed by atoms with Gasteiger partial charge >= 0.3 is 0 Å². The Bertz CT molecular complexity index is 336. The van der Waals surface area contributed by atoms with Crippen molar-refractivity contribution in [1.29, 1.82) is 0 Å². The van der Waals surface area contributed by atoms with Crippen molar-refractivity contribution in [2.75, 3.05) is 59.4 Å². The minimum absolute atomic E-state index is 0. The highest BCUT2D eigenvalue weighted by atomic mass is 127. The van der Waals surface area contributed by atoms with Gasteiger partial charge in [-0.05, 0) is 25.3 Å². The molecule has 24 heavy (non-hydrogen) atoms. The third-order valence-electron chi connectivity index (χ3n) is 5.41. The summed E-state index contributed by atoms with van der Waals surface area (Å²) in [4.78, 5) is 9.40. The smallest absolute Gasteiger partial charge is 0.191 e. The SMILES string of the molecule is CCN1CCN(CCNC(=NC)NCCCC2CCCC2)CC1.I. The second-order valence-corrected chi connectivity index (χ2v) is 6.99. The molecular weight excluding hydrogens is 413 g/mol. The van der Waals surface area contributed by atoms with E-state index in [-0.39, 0.29) is 24.0 Å². The highest BCUT2D eigenvalue weighted by Gasteiger charge is 2.15. The lowest BCUT2D eigenvalue weighted by molar-refractivity contribution is 0.139. The van der Waals surface area contributed by atoms with Crippen LogP contribution >= 0.6 is 24.0 Å². The van der Waals surface area contributed by atoms with Crippen LogP contribution in [0.2, 0.25) is 0 Å². The molecule has 142 valence electrons. The Morgan fingerprint density at radius 2 is 1.62 bits per heavy atom. The molecule has 0 radical (unpaired) electrons. The number of halogens is 1. The molecule has 0 aromatic heterocycles. The first kappa shape index (κ1) is 22.0. The molecule has 0 atom stereocenters. The van der Waals surface area contributed by atoms with Crippen molar-refractivity contribution in [3.05, 3.63) is 0 Å². The molecule has 2 rings (SSSR count). The van der Waals surface area contributed by atoms with Gasteiger partial charge in [0.05, 0.1) is 0 Å². The van der Waals surface area contributed by atoms with Gasteiger partial charge in [0.1, 0.15) is 0 Å². The van der Waals surface area contributed by atoms with E-state index in [1.165, 1.54) is 71.2 Å². The van der Waals surface area contributed by atoms with E-state index < -0.39 is 0 Å². The predicted molar refractivity (Wildman–Crippen MR) is 115 cm³/mol. The van der Waals surface area contributed by atoms with Crippen LogP contribution in [0, 0.1) is 5.92 Å². The third-order valence-corrected chi connectivity index (χ3v) is 5.41. The number of piperazine rings is 1. The number of likely N-dealkylation sites (N-methyl/N-ethyl adjacent to an activating group) is 1. The van der Waals surface area contributed by atoms with Crippen LogP contribution in [0.25, 0.3) is 0 Å². The highest BCUT2D eigenvalue weighted by Crippen LogP contribution is 2.28. The topological polar surface area (TPSA) is 42.9 Å². The average Bonchev–Trinajstić information content (AvgIpc) is 3.11. The molecule has 2 aliphatic rings. The van der Waals surface area contributed by atoms with Crippen LogP contribution < -0.4 is 10.6 Å². The summed E-state index contributed by atoms with van der Waals surface area (Å²) in [5, 5.41) is 6.91. The molecule has 0 aromatic carbocycles. The maximum absolute atomic E-state index is 4.33. The zero-order chi connectivity index (χ0) is 16.3. The van der Waals surface area contributed by atoms with Gasteiger partial charge in [0.25, 0.3) is 0 Å². The van der Waals surface area contributed by atoms with E-state index in [0.717, 1.165) is 31.5 Å². The molecular formula is C18H38IN5. The highest BCUT2D eigenvalue weighted by molar-refractivity contribution is 14.0. The molecule has 1 saturated heterocycles. The average molecular weight is 451 g/mol. The number of rotatable bonds is 8. The molecule has 0 spiro atoms. The molecule has 0 aromatic rings. The van der Waals surface area contributed by atoms with Crippen LogP contribution in [0.5, 0.6) is 0 Å². The molecule has 2 N–H and O–H groups in total. The summed E-state index contributed by atoms with van der Waals surface area (Å²) in [7, 11) is 1.87. The van der Waals surface area contributed by atoms with Crippen molar-refractivity contribution in [2.24, 2.45) is 10.9 Å². The Morgan fingerprint density at radius 3 is 2.25 bits per heavy atom. The van der Waals surface area contributed by atoms with E-state index in [1.54, 1.807) is 0 Å². The molecule has 1 aliphatic carbocycles. The van der Waals surface area contributed by atoms with E-state index in [4.69, 9.17) is 0 Å². The lowest BCUT2D eigenvalue weighted by Gasteiger charge is -2.34. The number of nitrogens with one attached hydrogen (secondary N) is 2. The fraction of sp³-hybridized carbons (Fsp3) is 0.944. The molecule has 0 amide bonds. The molecule has 0 bridgehead atoms. The minimum Gasteiger partial charge on any atom is -0.356 e. The Balaban J connectivity index is 0.00000288. The molecule has 5 nitrogen and oxygen atoms in total. The fourth-order valence-corrected chi connectivity index (χ4v) is 3.78. The largest absolute Gasteiger partial charge is 0.356 e.